The summed E-state index contributed by atoms with van der Waals surface area (Å²) in [6, 6.07) is 2.68. The molecule has 0 aromatic heterocycles. The first-order valence-electron chi connectivity index (χ1n) is 6.10. The molecule has 0 unspecified atom stereocenters. The lowest BCUT2D eigenvalue weighted by atomic mass is 9.81. The topological polar surface area (TPSA) is 86.7 Å². The zero-order valence-electron chi connectivity index (χ0n) is 9.76. The molecule has 0 radical (unpaired) electrons. The van der Waals surface area contributed by atoms with Crippen molar-refractivity contribution in [3.05, 3.63) is 17.7 Å². The first-order chi connectivity index (χ1) is 8.11. The summed E-state index contributed by atoms with van der Waals surface area (Å²) in [4.78, 5) is 0. The van der Waals surface area contributed by atoms with Crippen molar-refractivity contribution >= 4 is 0 Å². The fourth-order valence-electron chi connectivity index (χ4n) is 2.60. The van der Waals surface area contributed by atoms with Gasteiger partial charge in [0.1, 0.15) is 0 Å². The van der Waals surface area contributed by atoms with E-state index >= 15 is 0 Å². The maximum absolute atomic E-state index is 9.79. The normalized spacial score (nSPS) is 19.1. The molecule has 2 rings (SSSR count). The monoisotopic (exact) mass is 237 g/mol. The average molecular weight is 237 g/mol. The molecule has 0 bridgehead atoms. The lowest BCUT2D eigenvalue weighted by Crippen LogP contribution is -2.23. The SMILES string of the molecule is N[C@H](c1ccc(O)c(O)c1O)C1CCCCC1. The summed E-state index contributed by atoms with van der Waals surface area (Å²) in [5.41, 5.74) is 6.66. The quantitative estimate of drug-likeness (QED) is 0.595. The van der Waals surface area contributed by atoms with Crippen LogP contribution < -0.4 is 5.73 Å². The summed E-state index contributed by atoms with van der Waals surface area (Å²) in [5, 5.41) is 28.5. The zero-order valence-corrected chi connectivity index (χ0v) is 9.76. The number of nitrogens with two attached hydrogens (primary N) is 1. The molecule has 0 saturated heterocycles. The third-order valence-corrected chi connectivity index (χ3v) is 3.68. The van der Waals surface area contributed by atoms with Crippen molar-refractivity contribution in [2.75, 3.05) is 0 Å². The van der Waals surface area contributed by atoms with Crippen LogP contribution in [0.5, 0.6) is 17.2 Å². The van der Waals surface area contributed by atoms with E-state index in [1.807, 2.05) is 0 Å². The van der Waals surface area contributed by atoms with Gasteiger partial charge in [-0.15, -0.1) is 0 Å². The van der Waals surface area contributed by atoms with Crippen molar-refractivity contribution in [2.24, 2.45) is 11.7 Å². The van der Waals surface area contributed by atoms with E-state index in [1.165, 1.54) is 25.3 Å². The number of hydrogen-bond acceptors (Lipinski definition) is 4. The Morgan fingerprint density at radius 2 is 1.65 bits per heavy atom. The van der Waals surface area contributed by atoms with Crippen LogP contribution in [0.4, 0.5) is 0 Å². The Bertz CT molecular complexity index is 400. The van der Waals surface area contributed by atoms with E-state index < -0.39 is 5.75 Å². The Morgan fingerprint density at radius 3 is 2.29 bits per heavy atom. The highest BCUT2D eigenvalue weighted by atomic mass is 16.3. The number of hydrogen-bond donors (Lipinski definition) is 4. The summed E-state index contributed by atoms with van der Waals surface area (Å²) >= 11 is 0. The van der Waals surface area contributed by atoms with Crippen LogP contribution in [0.1, 0.15) is 43.7 Å². The maximum Gasteiger partial charge on any atom is 0.200 e. The molecule has 0 aliphatic heterocycles. The number of aromatic hydroxyl groups is 3. The Balaban J connectivity index is 2.24. The largest absolute Gasteiger partial charge is 0.504 e. The van der Waals surface area contributed by atoms with Crippen molar-refractivity contribution in [2.45, 2.75) is 38.1 Å². The van der Waals surface area contributed by atoms with Gasteiger partial charge in [-0.2, -0.15) is 0 Å². The highest BCUT2D eigenvalue weighted by molar-refractivity contribution is 5.54. The van der Waals surface area contributed by atoms with Crippen LogP contribution in [0.25, 0.3) is 0 Å². The second-order valence-corrected chi connectivity index (χ2v) is 4.80. The molecule has 5 N–H and O–H groups in total. The second-order valence-electron chi connectivity index (χ2n) is 4.80. The van der Waals surface area contributed by atoms with Gasteiger partial charge < -0.3 is 21.1 Å². The summed E-state index contributed by atoms with van der Waals surface area (Å²) in [6.45, 7) is 0. The molecule has 1 fully saturated rings. The smallest absolute Gasteiger partial charge is 0.200 e. The maximum atomic E-state index is 9.79. The van der Waals surface area contributed by atoms with Crippen molar-refractivity contribution in [3.8, 4) is 17.2 Å². The van der Waals surface area contributed by atoms with E-state index in [1.54, 1.807) is 6.07 Å². The van der Waals surface area contributed by atoms with E-state index in [0.717, 1.165) is 12.8 Å². The van der Waals surface area contributed by atoms with Crippen LogP contribution in [0.2, 0.25) is 0 Å². The highest BCUT2D eigenvalue weighted by Crippen LogP contribution is 2.43. The van der Waals surface area contributed by atoms with E-state index in [-0.39, 0.29) is 17.5 Å². The van der Waals surface area contributed by atoms with Gasteiger partial charge in [0.15, 0.2) is 11.5 Å². The third kappa shape index (κ3) is 2.31. The first kappa shape index (κ1) is 12.0. The predicted octanol–water partition coefficient (Wildman–Crippen LogP) is 2.38. The van der Waals surface area contributed by atoms with Gasteiger partial charge in [-0.1, -0.05) is 19.3 Å². The average Bonchev–Trinajstić information content (AvgIpc) is 2.36. The number of phenols is 3. The molecule has 1 aliphatic carbocycles. The van der Waals surface area contributed by atoms with Crippen molar-refractivity contribution < 1.29 is 15.3 Å². The molecule has 4 heteroatoms. The van der Waals surface area contributed by atoms with Gasteiger partial charge in [0.05, 0.1) is 0 Å². The van der Waals surface area contributed by atoms with Crippen molar-refractivity contribution in [1.29, 1.82) is 0 Å². The van der Waals surface area contributed by atoms with Crippen molar-refractivity contribution in [1.82, 2.24) is 0 Å². The van der Waals surface area contributed by atoms with Crippen LogP contribution in [0.3, 0.4) is 0 Å². The Hall–Kier alpha value is -1.42. The molecule has 1 aliphatic rings. The molecule has 0 heterocycles. The van der Waals surface area contributed by atoms with Gasteiger partial charge in [-0.3, -0.25) is 0 Å². The first-order valence-corrected chi connectivity index (χ1v) is 6.10. The van der Waals surface area contributed by atoms with Gasteiger partial charge in [-0.05, 0) is 30.9 Å². The highest BCUT2D eigenvalue weighted by Gasteiger charge is 2.25. The minimum absolute atomic E-state index is 0.276. The third-order valence-electron chi connectivity index (χ3n) is 3.68. The summed E-state index contributed by atoms with van der Waals surface area (Å²) in [7, 11) is 0. The van der Waals surface area contributed by atoms with Crippen LogP contribution in [-0.2, 0) is 0 Å². The van der Waals surface area contributed by atoms with Crippen LogP contribution in [0.15, 0.2) is 12.1 Å². The lowest BCUT2D eigenvalue weighted by molar-refractivity contribution is 0.298. The number of benzene rings is 1. The lowest BCUT2D eigenvalue weighted by Gasteiger charge is -2.28. The molecule has 4 nitrogen and oxygen atoms in total. The Labute approximate surface area is 101 Å². The van der Waals surface area contributed by atoms with Gasteiger partial charge >= 0.3 is 0 Å². The van der Waals surface area contributed by atoms with Gasteiger partial charge in [0, 0.05) is 11.6 Å². The minimum Gasteiger partial charge on any atom is -0.504 e. The van der Waals surface area contributed by atoms with Crippen molar-refractivity contribution in [3.63, 3.8) is 0 Å². The molecular weight excluding hydrogens is 218 g/mol. The number of rotatable bonds is 2. The molecule has 94 valence electrons. The standard InChI is InChI=1S/C13H19NO3/c14-11(8-4-2-1-3-5-8)9-6-7-10(15)13(17)12(9)16/h6-8,11,15-17H,1-5,14H2/t11-/m0/s1. The van der Waals surface area contributed by atoms with Gasteiger partial charge in [0.2, 0.25) is 5.75 Å². The fraction of sp³-hybridized carbons (Fsp3) is 0.538. The van der Waals surface area contributed by atoms with Crippen LogP contribution in [0, 0.1) is 5.92 Å². The van der Waals surface area contributed by atoms with Crippen LogP contribution >= 0.6 is 0 Å². The van der Waals surface area contributed by atoms with E-state index in [0.29, 0.717) is 11.5 Å². The molecule has 1 saturated carbocycles. The summed E-state index contributed by atoms with van der Waals surface area (Å²) < 4.78 is 0. The molecular formula is C13H19NO3. The zero-order chi connectivity index (χ0) is 12.4. The van der Waals surface area contributed by atoms with E-state index in [4.69, 9.17) is 5.73 Å². The predicted molar refractivity (Wildman–Crippen MR) is 64.9 cm³/mol. The molecule has 1 atom stereocenters. The van der Waals surface area contributed by atoms with Gasteiger partial charge in [-0.25, -0.2) is 0 Å². The van der Waals surface area contributed by atoms with Crippen LogP contribution in [-0.4, -0.2) is 15.3 Å². The fourth-order valence-corrected chi connectivity index (χ4v) is 2.60. The minimum atomic E-state index is -0.478. The molecule has 17 heavy (non-hydrogen) atoms. The molecule has 1 aromatic carbocycles. The molecule has 0 amide bonds. The Morgan fingerprint density at radius 1 is 1.00 bits per heavy atom. The number of phenolic OH excluding ortho intramolecular Hbond substituents is 3. The van der Waals surface area contributed by atoms with Gasteiger partial charge in [0.25, 0.3) is 0 Å². The molecule has 1 aromatic rings. The van der Waals surface area contributed by atoms with E-state index in [2.05, 4.69) is 0 Å². The summed E-state index contributed by atoms with van der Waals surface area (Å²) in [5.74, 6) is -0.738. The van der Waals surface area contributed by atoms with E-state index in [9.17, 15) is 15.3 Å². The Kier molecular flexibility index (Phi) is 3.43. The molecule has 0 spiro atoms. The summed E-state index contributed by atoms with van der Waals surface area (Å²) in [6.07, 6.45) is 5.70. The second kappa shape index (κ2) is 4.84.